The highest BCUT2D eigenvalue weighted by atomic mass is 35.5. The third-order valence-electron chi connectivity index (χ3n) is 2.59. The summed E-state index contributed by atoms with van der Waals surface area (Å²) in [6.07, 6.45) is 0.156. The van der Waals surface area contributed by atoms with Crippen LogP contribution < -0.4 is 10.7 Å². The second-order valence-electron chi connectivity index (χ2n) is 3.86. The van der Waals surface area contributed by atoms with Crippen molar-refractivity contribution in [2.75, 3.05) is 5.01 Å². The minimum atomic E-state index is -0.150. The molecule has 0 aliphatic carbocycles. The van der Waals surface area contributed by atoms with Crippen molar-refractivity contribution < 1.29 is 4.79 Å². The molecule has 0 spiro atoms. The number of rotatable bonds is 1. The van der Waals surface area contributed by atoms with Crippen molar-refractivity contribution in [1.82, 2.24) is 0 Å². The molecule has 1 amide bonds. The summed E-state index contributed by atoms with van der Waals surface area (Å²) in [5.41, 5.74) is 8.25. The summed E-state index contributed by atoms with van der Waals surface area (Å²) in [7, 11) is 0. The number of nitrogens with two attached hydrogens (primary N) is 1. The first-order chi connectivity index (χ1) is 7.49. The van der Waals surface area contributed by atoms with Crippen molar-refractivity contribution in [3.63, 3.8) is 0 Å². The molecule has 0 unspecified atom stereocenters. The maximum atomic E-state index is 11.6. The minimum absolute atomic E-state index is 0.150. The van der Waals surface area contributed by atoms with Crippen LogP contribution in [0.1, 0.15) is 17.5 Å². The molecular formula is C11H12ClN3O. The molecule has 84 valence electrons. The second kappa shape index (κ2) is 3.79. The molecule has 0 radical (unpaired) electrons. The Morgan fingerprint density at radius 3 is 2.56 bits per heavy atom. The number of hydrazone groups is 1. The van der Waals surface area contributed by atoms with E-state index in [0.29, 0.717) is 16.5 Å². The van der Waals surface area contributed by atoms with Gasteiger partial charge in [-0.15, -0.1) is 0 Å². The Hall–Kier alpha value is -1.55. The Kier molecular flexibility index (Phi) is 2.59. The number of amidine groups is 1. The Balaban J connectivity index is 2.49. The number of benzene rings is 1. The number of hydrogen-bond donors (Lipinski definition) is 1. The lowest BCUT2D eigenvalue weighted by Gasteiger charge is -2.15. The lowest BCUT2D eigenvalue weighted by atomic mass is 10.1. The standard InChI is InChI=1S/C11H12ClN3O/c1-6-3-8(12)9(4-7(6)2)15-11(16)5-10(13)14-15/h3-4H,5H2,1-2H3,(H2,13,14). The molecule has 0 saturated heterocycles. The molecule has 0 aromatic heterocycles. The fourth-order valence-electron chi connectivity index (χ4n) is 1.57. The highest BCUT2D eigenvalue weighted by Gasteiger charge is 2.25. The number of nitrogens with zero attached hydrogens (tertiary/aromatic N) is 2. The predicted molar refractivity (Wildman–Crippen MR) is 64.7 cm³/mol. The average molecular weight is 238 g/mol. The van der Waals surface area contributed by atoms with E-state index in [1.54, 1.807) is 0 Å². The Bertz CT molecular complexity index is 496. The van der Waals surface area contributed by atoms with Crippen LogP contribution in [-0.4, -0.2) is 11.7 Å². The molecule has 1 aliphatic heterocycles. The second-order valence-corrected chi connectivity index (χ2v) is 4.27. The number of amides is 1. The van der Waals surface area contributed by atoms with Crippen molar-refractivity contribution in [2.24, 2.45) is 10.8 Å². The summed E-state index contributed by atoms with van der Waals surface area (Å²) in [6, 6.07) is 3.67. The van der Waals surface area contributed by atoms with E-state index in [9.17, 15) is 4.79 Å². The van der Waals surface area contributed by atoms with E-state index in [1.165, 1.54) is 5.01 Å². The van der Waals surface area contributed by atoms with Gasteiger partial charge in [0, 0.05) is 0 Å². The van der Waals surface area contributed by atoms with Crippen LogP contribution in [0.25, 0.3) is 0 Å². The van der Waals surface area contributed by atoms with Crippen LogP contribution in [0, 0.1) is 13.8 Å². The van der Waals surface area contributed by atoms with Crippen LogP contribution in [0.15, 0.2) is 17.2 Å². The molecule has 0 fully saturated rings. The van der Waals surface area contributed by atoms with Crippen LogP contribution in [0.4, 0.5) is 5.69 Å². The number of anilines is 1. The number of aryl methyl sites for hydroxylation is 2. The van der Waals surface area contributed by atoms with Crippen LogP contribution in [0.5, 0.6) is 0 Å². The third-order valence-corrected chi connectivity index (χ3v) is 2.89. The topological polar surface area (TPSA) is 58.7 Å². The van der Waals surface area contributed by atoms with E-state index < -0.39 is 0 Å². The van der Waals surface area contributed by atoms with Gasteiger partial charge in [0.2, 0.25) is 0 Å². The fraction of sp³-hybridized carbons (Fsp3) is 0.273. The summed E-state index contributed by atoms with van der Waals surface area (Å²) in [5.74, 6) is 0.168. The summed E-state index contributed by atoms with van der Waals surface area (Å²) in [5, 5.41) is 5.74. The lowest BCUT2D eigenvalue weighted by Crippen LogP contribution is -2.20. The smallest absolute Gasteiger partial charge is 0.255 e. The van der Waals surface area contributed by atoms with Crippen molar-refractivity contribution >= 4 is 29.0 Å². The van der Waals surface area contributed by atoms with E-state index in [1.807, 2.05) is 26.0 Å². The molecular weight excluding hydrogens is 226 g/mol. The molecule has 2 N–H and O–H groups in total. The highest BCUT2D eigenvalue weighted by molar-refractivity contribution is 6.34. The average Bonchev–Trinajstić information content (AvgIpc) is 2.51. The maximum absolute atomic E-state index is 11.6. The zero-order valence-electron chi connectivity index (χ0n) is 9.12. The summed E-state index contributed by atoms with van der Waals surface area (Å²) >= 11 is 6.09. The third kappa shape index (κ3) is 1.76. The van der Waals surface area contributed by atoms with Crippen LogP contribution in [0.3, 0.4) is 0 Å². The van der Waals surface area contributed by atoms with Gasteiger partial charge in [0.05, 0.1) is 17.1 Å². The van der Waals surface area contributed by atoms with Gasteiger partial charge in [-0.3, -0.25) is 4.79 Å². The Morgan fingerprint density at radius 1 is 1.38 bits per heavy atom. The molecule has 1 aromatic carbocycles. The van der Waals surface area contributed by atoms with E-state index in [4.69, 9.17) is 17.3 Å². The summed E-state index contributed by atoms with van der Waals surface area (Å²) in [4.78, 5) is 11.6. The van der Waals surface area contributed by atoms with Crippen LogP contribution >= 0.6 is 11.6 Å². The molecule has 0 bridgehead atoms. The van der Waals surface area contributed by atoms with E-state index in [0.717, 1.165) is 11.1 Å². The highest BCUT2D eigenvalue weighted by Crippen LogP contribution is 2.31. The van der Waals surface area contributed by atoms with Gasteiger partial charge in [0.15, 0.2) is 0 Å². The molecule has 4 nitrogen and oxygen atoms in total. The van der Waals surface area contributed by atoms with E-state index in [-0.39, 0.29) is 12.3 Å². The van der Waals surface area contributed by atoms with Gasteiger partial charge < -0.3 is 5.73 Å². The molecule has 1 heterocycles. The normalized spacial score (nSPS) is 15.6. The van der Waals surface area contributed by atoms with Crippen molar-refractivity contribution in [3.05, 3.63) is 28.3 Å². The molecule has 2 rings (SSSR count). The van der Waals surface area contributed by atoms with Gasteiger partial charge >= 0.3 is 0 Å². The first-order valence-corrected chi connectivity index (χ1v) is 5.29. The monoisotopic (exact) mass is 237 g/mol. The molecule has 1 aliphatic rings. The van der Waals surface area contributed by atoms with Crippen molar-refractivity contribution in [3.8, 4) is 0 Å². The van der Waals surface area contributed by atoms with Gasteiger partial charge in [-0.2, -0.15) is 10.1 Å². The molecule has 5 heteroatoms. The SMILES string of the molecule is Cc1cc(Cl)c(N2N=C(N)CC2=O)cc1C. The van der Waals surface area contributed by atoms with Gasteiger partial charge in [-0.1, -0.05) is 11.6 Å². The quantitative estimate of drug-likeness (QED) is 0.812. The maximum Gasteiger partial charge on any atom is 0.255 e. The Labute approximate surface area is 98.7 Å². The first-order valence-electron chi connectivity index (χ1n) is 4.91. The molecule has 16 heavy (non-hydrogen) atoms. The fourth-order valence-corrected chi connectivity index (χ4v) is 1.86. The zero-order valence-corrected chi connectivity index (χ0v) is 9.88. The van der Waals surface area contributed by atoms with Gasteiger partial charge in [0.1, 0.15) is 5.84 Å². The molecule has 1 aromatic rings. The van der Waals surface area contributed by atoms with Crippen LogP contribution in [-0.2, 0) is 4.79 Å². The zero-order chi connectivity index (χ0) is 11.9. The molecule has 0 atom stereocenters. The Morgan fingerprint density at radius 2 is 2.00 bits per heavy atom. The summed E-state index contributed by atoms with van der Waals surface area (Å²) in [6.45, 7) is 3.93. The van der Waals surface area contributed by atoms with Gasteiger partial charge in [-0.05, 0) is 37.1 Å². The summed E-state index contributed by atoms with van der Waals surface area (Å²) < 4.78 is 0. The lowest BCUT2D eigenvalue weighted by molar-refractivity contribution is -0.116. The van der Waals surface area contributed by atoms with Crippen LogP contribution in [0.2, 0.25) is 5.02 Å². The molecule has 0 saturated carbocycles. The predicted octanol–water partition coefficient (Wildman–Crippen LogP) is 1.97. The van der Waals surface area contributed by atoms with E-state index in [2.05, 4.69) is 5.10 Å². The largest absolute Gasteiger partial charge is 0.385 e. The van der Waals surface area contributed by atoms with E-state index >= 15 is 0 Å². The van der Waals surface area contributed by atoms with Crippen molar-refractivity contribution in [2.45, 2.75) is 20.3 Å². The first kappa shape index (κ1) is 11.0. The minimum Gasteiger partial charge on any atom is -0.385 e. The number of halogens is 1. The number of carbonyl (C=O) groups excluding carboxylic acids is 1. The number of carbonyl (C=O) groups is 1. The number of hydrogen-bond acceptors (Lipinski definition) is 3. The van der Waals surface area contributed by atoms with Crippen molar-refractivity contribution in [1.29, 1.82) is 0 Å². The van der Waals surface area contributed by atoms with Gasteiger partial charge in [0.25, 0.3) is 5.91 Å². The van der Waals surface area contributed by atoms with Gasteiger partial charge in [-0.25, -0.2) is 0 Å².